The standard InChI is InChI=1S/C27H25N3O5/c1-4-11-35-21-10-8-17(14-22(21)33-3)26-23-24(19-13-16(2)7-9-20(19)31)28-29-25(23)27(32)30(26)15-18-6-5-12-34-18/h4-10,12-14,26,31H,1,11,15H2,2-3H3,(H,28,29)/t26-/m1/s1. The molecule has 0 unspecified atom stereocenters. The number of hydrogen-bond acceptors (Lipinski definition) is 6. The highest BCUT2D eigenvalue weighted by Crippen LogP contribution is 2.46. The number of carbonyl (C=O) groups is 1. The minimum absolute atomic E-state index is 0.0892. The number of ether oxygens (including phenoxy) is 2. The smallest absolute Gasteiger partial charge is 0.273 e. The Hall–Kier alpha value is -4.46. The first kappa shape index (κ1) is 22.3. The van der Waals surface area contributed by atoms with Crippen LogP contribution in [0.5, 0.6) is 17.2 Å². The quantitative estimate of drug-likeness (QED) is 0.351. The summed E-state index contributed by atoms with van der Waals surface area (Å²) in [6, 6.07) is 14.0. The van der Waals surface area contributed by atoms with Gasteiger partial charge in [-0.3, -0.25) is 9.89 Å². The molecule has 0 saturated carbocycles. The molecule has 8 nitrogen and oxygen atoms in total. The zero-order valence-electron chi connectivity index (χ0n) is 19.4. The number of aromatic amines is 1. The van der Waals surface area contributed by atoms with Crippen molar-refractivity contribution in [3.05, 3.63) is 95.6 Å². The third-order valence-corrected chi connectivity index (χ3v) is 6.04. The predicted octanol–water partition coefficient (Wildman–Crippen LogP) is 5.00. The van der Waals surface area contributed by atoms with Gasteiger partial charge in [0.25, 0.3) is 5.91 Å². The second-order valence-electron chi connectivity index (χ2n) is 8.31. The summed E-state index contributed by atoms with van der Waals surface area (Å²) in [5, 5.41) is 18.0. The van der Waals surface area contributed by atoms with Gasteiger partial charge in [0.05, 0.1) is 26.0 Å². The number of fused-ring (bicyclic) bond motifs is 1. The lowest BCUT2D eigenvalue weighted by atomic mass is 9.94. The van der Waals surface area contributed by atoms with Gasteiger partial charge in [-0.15, -0.1) is 0 Å². The van der Waals surface area contributed by atoms with E-state index in [1.54, 1.807) is 36.5 Å². The van der Waals surface area contributed by atoms with E-state index in [4.69, 9.17) is 13.9 Å². The number of benzene rings is 2. The van der Waals surface area contributed by atoms with E-state index in [1.807, 2.05) is 43.3 Å². The van der Waals surface area contributed by atoms with Crippen molar-refractivity contribution in [1.29, 1.82) is 0 Å². The van der Waals surface area contributed by atoms with E-state index in [-0.39, 0.29) is 18.2 Å². The average Bonchev–Trinajstić information content (AvgIpc) is 3.59. The molecule has 1 aliphatic heterocycles. The first-order valence-electron chi connectivity index (χ1n) is 11.1. The van der Waals surface area contributed by atoms with Crippen molar-refractivity contribution in [3.8, 4) is 28.5 Å². The van der Waals surface area contributed by atoms with Crippen LogP contribution >= 0.6 is 0 Å². The number of aromatic nitrogens is 2. The summed E-state index contributed by atoms with van der Waals surface area (Å²) in [5.41, 5.74) is 3.91. The number of aromatic hydroxyl groups is 1. The number of carbonyl (C=O) groups excluding carboxylic acids is 1. The first-order chi connectivity index (χ1) is 17.0. The fourth-order valence-electron chi connectivity index (χ4n) is 4.44. The van der Waals surface area contributed by atoms with Gasteiger partial charge in [0, 0.05) is 11.1 Å². The van der Waals surface area contributed by atoms with Gasteiger partial charge in [0.1, 0.15) is 29.5 Å². The highest BCUT2D eigenvalue weighted by Gasteiger charge is 2.43. The Balaban J connectivity index is 1.66. The summed E-state index contributed by atoms with van der Waals surface area (Å²) in [6.07, 6.45) is 3.24. The third kappa shape index (κ3) is 3.93. The van der Waals surface area contributed by atoms with Gasteiger partial charge in [0.2, 0.25) is 0 Å². The van der Waals surface area contributed by atoms with Gasteiger partial charge in [-0.1, -0.05) is 30.4 Å². The SMILES string of the molecule is C=CCOc1ccc([C@@H]2c3c(-c4cc(C)ccc4O)n[nH]c3C(=O)N2Cc2ccco2)cc1OC. The third-order valence-electron chi connectivity index (χ3n) is 6.04. The highest BCUT2D eigenvalue weighted by molar-refractivity contribution is 6.00. The van der Waals surface area contributed by atoms with Crippen molar-refractivity contribution in [2.45, 2.75) is 19.5 Å². The number of phenols is 1. The Kier molecular flexibility index (Phi) is 5.78. The monoisotopic (exact) mass is 471 g/mol. The van der Waals surface area contributed by atoms with Crippen molar-refractivity contribution < 1.29 is 23.8 Å². The fourth-order valence-corrected chi connectivity index (χ4v) is 4.44. The normalized spacial score (nSPS) is 14.7. The first-order valence-corrected chi connectivity index (χ1v) is 11.1. The molecule has 4 aromatic rings. The van der Waals surface area contributed by atoms with E-state index in [0.29, 0.717) is 46.4 Å². The molecular weight excluding hydrogens is 446 g/mol. The van der Waals surface area contributed by atoms with Gasteiger partial charge in [-0.05, 0) is 48.9 Å². The second-order valence-corrected chi connectivity index (χ2v) is 8.31. The largest absolute Gasteiger partial charge is 0.507 e. The van der Waals surface area contributed by atoms with Crippen LogP contribution in [-0.2, 0) is 6.54 Å². The molecule has 0 spiro atoms. The molecule has 3 heterocycles. The predicted molar refractivity (Wildman–Crippen MR) is 130 cm³/mol. The van der Waals surface area contributed by atoms with Gasteiger partial charge in [-0.25, -0.2) is 0 Å². The number of rotatable bonds is 8. The van der Waals surface area contributed by atoms with Gasteiger partial charge >= 0.3 is 0 Å². The van der Waals surface area contributed by atoms with E-state index in [0.717, 1.165) is 11.1 Å². The van der Waals surface area contributed by atoms with Crippen LogP contribution in [0, 0.1) is 6.92 Å². The molecule has 0 aliphatic carbocycles. The van der Waals surface area contributed by atoms with Crippen LogP contribution in [0.25, 0.3) is 11.3 Å². The van der Waals surface area contributed by atoms with E-state index in [1.165, 1.54) is 0 Å². The summed E-state index contributed by atoms with van der Waals surface area (Å²) >= 11 is 0. The molecule has 1 amide bonds. The maximum atomic E-state index is 13.5. The number of phenolic OH excluding ortho intramolecular Hbond substituents is 1. The second kappa shape index (κ2) is 9.06. The number of hydrogen-bond donors (Lipinski definition) is 2. The maximum absolute atomic E-state index is 13.5. The van der Waals surface area contributed by atoms with E-state index in [2.05, 4.69) is 16.8 Å². The lowest BCUT2D eigenvalue weighted by Crippen LogP contribution is -2.29. The minimum Gasteiger partial charge on any atom is -0.507 e. The van der Waals surface area contributed by atoms with Crippen LogP contribution in [0.2, 0.25) is 0 Å². The lowest BCUT2D eigenvalue weighted by molar-refractivity contribution is 0.0716. The summed E-state index contributed by atoms with van der Waals surface area (Å²) in [4.78, 5) is 15.3. The van der Waals surface area contributed by atoms with Crippen molar-refractivity contribution in [1.82, 2.24) is 15.1 Å². The van der Waals surface area contributed by atoms with Crippen LogP contribution in [-0.4, -0.2) is 39.8 Å². The van der Waals surface area contributed by atoms with Crippen LogP contribution in [0.4, 0.5) is 0 Å². The Bertz CT molecular complexity index is 1390. The Labute approximate surface area is 202 Å². The molecule has 1 atom stereocenters. The summed E-state index contributed by atoms with van der Waals surface area (Å²) in [6.45, 7) is 6.22. The molecule has 2 aromatic heterocycles. The Morgan fingerprint density at radius 2 is 2.09 bits per heavy atom. The Morgan fingerprint density at radius 1 is 1.23 bits per heavy atom. The number of nitrogens with zero attached hydrogens (tertiary/aromatic N) is 2. The Morgan fingerprint density at radius 3 is 2.83 bits per heavy atom. The molecular formula is C27H25N3O5. The summed E-state index contributed by atoms with van der Waals surface area (Å²) < 4.78 is 16.8. The number of furan rings is 1. The van der Waals surface area contributed by atoms with Crippen LogP contribution in [0.15, 0.2) is 71.9 Å². The van der Waals surface area contributed by atoms with E-state index >= 15 is 0 Å². The van der Waals surface area contributed by atoms with Gasteiger partial charge in [-0.2, -0.15) is 5.10 Å². The number of H-pyrrole nitrogens is 1. The minimum atomic E-state index is -0.501. The molecule has 2 aromatic carbocycles. The van der Waals surface area contributed by atoms with E-state index in [9.17, 15) is 9.90 Å². The topological polar surface area (TPSA) is 101 Å². The zero-order valence-corrected chi connectivity index (χ0v) is 19.4. The van der Waals surface area contributed by atoms with Crippen molar-refractivity contribution in [2.24, 2.45) is 0 Å². The molecule has 5 rings (SSSR count). The number of aryl methyl sites for hydroxylation is 1. The molecule has 0 saturated heterocycles. The molecule has 0 bridgehead atoms. The number of methoxy groups -OCH3 is 1. The molecule has 1 aliphatic rings. The van der Waals surface area contributed by atoms with Crippen molar-refractivity contribution in [3.63, 3.8) is 0 Å². The fraction of sp³-hybridized carbons (Fsp3) is 0.185. The lowest BCUT2D eigenvalue weighted by Gasteiger charge is -2.26. The van der Waals surface area contributed by atoms with Gasteiger partial charge in [0.15, 0.2) is 11.5 Å². The van der Waals surface area contributed by atoms with Crippen molar-refractivity contribution in [2.75, 3.05) is 13.7 Å². The number of amides is 1. The zero-order chi connectivity index (χ0) is 24.5. The maximum Gasteiger partial charge on any atom is 0.273 e. The molecule has 35 heavy (non-hydrogen) atoms. The molecule has 178 valence electrons. The van der Waals surface area contributed by atoms with Crippen molar-refractivity contribution >= 4 is 5.91 Å². The molecule has 0 radical (unpaired) electrons. The molecule has 8 heteroatoms. The average molecular weight is 472 g/mol. The van der Waals surface area contributed by atoms with Gasteiger partial charge < -0.3 is 23.9 Å². The van der Waals surface area contributed by atoms with Crippen LogP contribution in [0.1, 0.15) is 39.0 Å². The van der Waals surface area contributed by atoms with Crippen LogP contribution in [0.3, 0.4) is 0 Å². The summed E-state index contributed by atoms with van der Waals surface area (Å²) in [7, 11) is 1.57. The number of nitrogens with one attached hydrogen (secondary N) is 1. The molecule has 2 N–H and O–H groups in total. The van der Waals surface area contributed by atoms with Crippen LogP contribution < -0.4 is 9.47 Å². The highest BCUT2D eigenvalue weighted by atomic mass is 16.5. The molecule has 0 fully saturated rings. The van der Waals surface area contributed by atoms with E-state index < -0.39 is 6.04 Å². The summed E-state index contributed by atoms with van der Waals surface area (Å²) in [5.74, 6) is 1.64.